The Balaban J connectivity index is 1.50. The van der Waals surface area contributed by atoms with Gasteiger partial charge in [-0.15, -0.1) is 0 Å². The minimum Gasteiger partial charge on any atom is -0.357 e. The number of carbonyl (C=O) groups is 1. The Morgan fingerprint density at radius 1 is 1.04 bits per heavy atom. The number of anilines is 1. The van der Waals surface area contributed by atoms with E-state index in [9.17, 15) is 13.2 Å². The molecule has 1 aliphatic rings. The van der Waals surface area contributed by atoms with Crippen LogP contribution in [0.5, 0.6) is 0 Å². The van der Waals surface area contributed by atoms with E-state index in [4.69, 9.17) is 5.14 Å². The zero-order chi connectivity index (χ0) is 20.0. The largest absolute Gasteiger partial charge is 0.357 e. The van der Waals surface area contributed by atoms with Gasteiger partial charge < -0.3 is 10.2 Å². The lowest BCUT2D eigenvalue weighted by molar-refractivity contribution is 0.0954. The van der Waals surface area contributed by atoms with Gasteiger partial charge in [0.15, 0.2) is 0 Å². The zero-order valence-electron chi connectivity index (χ0n) is 15.8. The van der Waals surface area contributed by atoms with Crippen LogP contribution in [0.2, 0.25) is 0 Å². The monoisotopic (exact) mass is 402 g/mol. The van der Waals surface area contributed by atoms with Crippen LogP contribution < -0.4 is 15.4 Å². The molecule has 3 N–H and O–H groups in total. The number of sulfonamides is 1. The van der Waals surface area contributed by atoms with Gasteiger partial charge in [0.25, 0.3) is 5.91 Å². The smallest absolute Gasteiger partial charge is 0.252 e. The summed E-state index contributed by atoms with van der Waals surface area (Å²) in [6, 6.07) is 10.1. The van der Waals surface area contributed by atoms with E-state index in [1.54, 1.807) is 18.3 Å². The van der Waals surface area contributed by atoms with Crippen molar-refractivity contribution in [3.63, 3.8) is 0 Å². The van der Waals surface area contributed by atoms with Gasteiger partial charge in [-0.3, -0.25) is 4.79 Å². The third-order valence-electron chi connectivity index (χ3n) is 4.89. The number of aromatic nitrogens is 1. The lowest BCUT2D eigenvalue weighted by Crippen LogP contribution is -2.27. The first-order chi connectivity index (χ1) is 13.4. The van der Waals surface area contributed by atoms with Gasteiger partial charge in [0.2, 0.25) is 10.0 Å². The number of amides is 1. The van der Waals surface area contributed by atoms with Crippen molar-refractivity contribution in [3.05, 3.63) is 53.7 Å². The second-order valence-electron chi connectivity index (χ2n) is 7.00. The molecule has 2 aromatic rings. The summed E-state index contributed by atoms with van der Waals surface area (Å²) in [5.41, 5.74) is 1.45. The molecule has 1 saturated heterocycles. The molecular formula is C20H26N4O3S. The Morgan fingerprint density at radius 3 is 2.29 bits per heavy atom. The number of hydrogen-bond acceptors (Lipinski definition) is 5. The molecular weight excluding hydrogens is 376 g/mol. The van der Waals surface area contributed by atoms with Crippen LogP contribution in [0.25, 0.3) is 0 Å². The van der Waals surface area contributed by atoms with Gasteiger partial charge in [-0.25, -0.2) is 18.5 Å². The number of primary sulfonamides is 1. The molecule has 0 aliphatic carbocycles. The number of nitrogens with two attached hydrogens (primary N) is 1. The average Bonchev–Trinajstić information content (AvgIpc) is 2.97. The summed E-state index contributed by atoms with van der Waals surface area (Å²) in [6.45, 7) is 2.48. The highest BCUT2D eigenvalue weighted by molar-refractivity contribution is 7.89. The molecule has 150 valence electrons. The number of rotatable bonds is 6. The van der Waals surface area contributed by atoms with Gasteiger partial charge in [0.1, 0.15) is 5.82 Å². The number of carbonyl (C=O) groups excluding carboxylic acids is 1. The molecule has 28 heavy (non-hydrogen) atoms. The van der Waals surface area contributed by atoms with E-state index >= 15 is 0 Å². The lowest BCUT2D eigenvalue weighted by atomic mass is 10.1. The van der Waals surface area contributed by atoms with Crippen LogP contribution in [0.1, 0.15) is 41.6 Å². The minimum absolute atomic E-state index is 0.0795. The fourth-order valence-corrected chi connectivity index (χ4v) is 3.79. The predicted molar refractivity (Wildman–Crippen MR) is 109 cm³/mol. The third-order valence-corrected chi connectivity index (χ3v) is 5.82. The average molecular weight is 403 g/mol. The molecule has 0 atom stereocenters. The molecule has 7 nitrogen and oxygen atoms in total. The summed E-state index contributed by atoms with van der Waals surface area (Å²) >= 11 is 0. The molecule has 1 fully saturated rings. The molecule has 1 aromatic heterocycles. The highest BCUT2D eigenvalue weighted by atomic mass is 32.2. The summed E-state index contributed by atoms with van der Waals surface area (Å²) in [4.78, 5) is 19.1. The number of benzene rings is 1. The Kier molecular flexibility index (Phi) is 6.64. The van der Waals surface area contributed by atoms with E-state index in [1.165, 1.54) is 37.8 Å². The Bertz CT molecular complexity index is 888. The third kappa shape index (κ3) is 5.53. The first kappa shape index (κ1) is 20.3. The van der Waals surface area contributed by atoms with Crippen molar-refractivity contribution in [2.45, 2.75) is 37.0 Å². The second kappa shape index (κ2) is 9.16. The summed E-state index contributed by atoms with van der Waals surface area (Å²) in [6.07, 6.45) is 7.11. The van der Waals surface area contributed by atoms with Crippen molar-refractivity contribution < 1.29 is 13.2 Å². The Hall–Kier alpha value is -2.45. The number of pyridine rings is 1. The van der Waals surface area contributed by atoms with E-state index < -0.39 is 10.0 Å². The highest BCUT2D eigenvalue weighted by Gasteiger charge is 2.12. The quantitative estimate of drug-likeness (QED) is 0.770. The van der Waals surface area contributed by atoms with Crippen LogP contribution in [-0.2, 0) is 16.4 Å². The molecule has 0 saturated carbocycles. The molecule has 1 amide bonds. The second-order valence-corrected chi connectivity index (χ2v) is 8.56. The van der Waals surface area contributed by atoms with Crippen molar-refractivity contribution in [2.24, 2.45) is 5.14 Å². The van der Waals surface area contributed by atoms with E-state index in [0.717, 1.165) is 24.5 Å². The van der Waals surface area contributed by atoms with Crippen molar-refractivity contribution >= 4 is 21.7 Å². The minimum atomic E-state index is -3.68. The van der Waals surface area contributed by atoms with E-state index in [2.05, 4.69) is 15.2 Å². The topological polar surface area (TPSA) is 105 Å². The van der Waals surface area contributed by atoms with E-state index in [-0.39, 0.29) is 10.8 Å². The zero-order valence-corrected chi connectivity index (χ0v) is 16.6. The normalized spacial score (nSPS) is 15.1. The SMILES string of the molecule is NS(=O)(=O)c1ccc(CCNC(=O)c2ccc(N3CCCCCC3)nc2)cc1. The van der Waals surface area contributed by atoms with Crippen molar-refractivity contribution in [3.8, 4) is 0 Å². The maximum Gasteiger partial charge on any atom is 0.252 e. The van der Waals surface area contributed by atoms with Crippen LogP contribution in [0, 0.1) is 0 Å². The lowest BCUT2D eigenvalue weighted by Gasteiger charge is -2.21. The van der Waals surface area contributed by atoms with Gasteiger partial charge >= 0.3 is 0 Å². The molecule has 2 heterocycles. The van der Waals surface area contributed by atoms with Gasteiger partial charge in [0.05, 0.1) is 10.5 Å². The van der Waals surface area contributed by atoms with Gasteiger partial charge in [-0.1, -0.05) is 25.0 Å². The van der Waals surface area contributed by atoms with Crippen LogP contribution in [0.4, 0.5) is 5.82 Å². The molecule has 1 aromatic carbocycles. The summed E-state index contributed by atoms with van der Waals surface area (Å²) in [5, 5.41) is 7.95. The maximum absolute atomic E-state index is 12.3. The van der Waals surface area contributed by atoms with Crippen LogP contribution in [0.15, 0.2) is 47.5 Å². The first-order valence-corrected chi connectivity index (χ1v) is 11.1. The number of nitrogens with one attached hydrogen (secondary N) is 1. The predicted octanol–water partition coefficient (Wildman–Crippen LogP) is 2.08. The molecule has 3 rings (SSSR count). The highest BCUT2D eigenvalue weighted by Crippen LogP contribution is 2.17. The molecule has 0 radical (unpaired) electrons. The summed E-state index contributed by atoms with van der Waals surface area (Å²) in [5.74, 6) is 0.754. The van der Waals surface area contributed by atoms with Crippen LogP contribution in [-0.4, -0.2) is 38.9 Å². The Labute approximate surface area is 166 Å². The van der Waals surface area contributed by atoms with Crippen molar-refractivity contribution in [1.29, 1.82) is 0 Å². The van der Waals surface area contributed by atoms with Gasteiger partial charge in [-0.05, 0) is 49.1 Å². The standard InChI is InChI=1S/C20H26N4O3S/c21-28(26,27)18-8-5-16(6-9-18)11-12-22-20(25)17-7-10-19(23-15-17)24-13-3-1-2-4-14-24/h5-10,15H,1-4,11-14H2,(H,22,25)(H2,21,26,27). The molecule has 0 bridgehead atoms. The summed E-state index contributed by atoms with van der Waals surface area (Å²) in [7, 11) is -3.68. The maximum atomic E-state index is 12.3. The van der Waals surface area contributed by atoms with Crippen LogP contribution >= 0.6 is 0 Å². The number of hydrogen-bond donors (Lipinski definition) is 2. The fourth-order valence-electron chi connectivity index (χ4n) is 3.28. The first-order valence-electron chi connectivity index (χ1n) is 9.54. The summed E-state index contributed by atoms with van der Waals surface area (Å²) < 4.78 is 22.5. The Morgan fingerprint density at radius 2 is 1.71 bits per heavy atom. The van der Waals surface area contributed by atoms with E-state index in [1.807, 2.05) is 12.1 Å². The fraction of sp³-hybridized carbons (Fsp3) is 0.400. The molecule has 8 heteroatoms. The number of nitrogens with zero attached hydrogens (tertiary/aromatic N) is 2. The van der Waals surface area contributed by atoms with Gasteiger partial charge in [0, 0.05) is 25.8 Å². The van der Waals surface area contributed by atoms with Crippen molar-refractivity contribution in [1.82, 2.24) is 10.3 Å². The van der Waals surface area contributed by atoms with E-state index in [0.29, 0.717) is 18.5 Å². The molecule has 0 spiro atoms. The molecule has 1 aliphatic heterocycles. The van der Waals surface area contributed by atoms with Crippen LogP contribution in [0.3, 0.4) is 0 Å². The molecule has 0 unspecified atom stereocenters. The van der Waals surface area contributed by atoms with Gasteiger partial charge in [-0.2, -0.15) is 0 Å². The van der Waals surface area contributed by atoms with Crippen molar-refractivity contribution in [2.75, 3.05) is 24.5 Å².